The third-order valence-corrected chi connectivity index (χ3v) is 3.89. The van der Waals surface area contributed by atoms with Crippen LogP contribution in [0.1, 0.15) is 37.3 Å². The predicted octanol–water partition coefficient (Wildman–Crippen LogP) is 2.30. The first-order valence-corrected chi connectivity index (χ1v) is 7.02. The lowest BCUT2D eigenvalue weighted by Crippen LogP contribution is -2.34. The third-order valence-electron chi connectivity index (χ3n) is 3.89. The third kappa shape index (κ3) is 4.06. The van der Waals surface area contributed by atoms with Crippen LogP contribution in [0, 0.1) is 6.92 Å². The number of benzene rings is 1. The first kappa shape index (κ1) is 14.1. The Hall–Kier alpha value is -1.35. The van der Waals surface area contributed by atoms with Gasteiger partial charge in [0.15, 0.2) is 0 Å². The maximum Gasteiger partial charge on any atom is 0.226 e. The van der Waals surface area contributed by atoms with Crippen molar-refractivity contribution in [2.75, 3.05) is 13.1 Å². The van der Waals surface area contributed by atoms with Gasteiger partial charge in [0.1, 0.15) is 0 Å². The molecule has 1 aliphatic heterocycles. The summed E-state index contributed by atoms with van der Waals surface area (Å²) in [7, 11) is 0. The standard InChI is InChI=1S/C16H23NO2/c1-13-4-6-14(7-5-13)12-15(18)17-10-3-8-16(2,19)9-11-17/h4-7,19H,3,8-12H2,1-2H3. The largest absolute Gasteiger partial charge is 0.390 e. The van der Waals surface area contributed by atoms with Gasteiger partial charge in [-0.2, -0.15) is 0 Å². The molecule has 1 aromatic carbocycles. The summed E-state index contributed by atoms with van der Waals surface area (Å²) in [4.78, 5) is 14.2. The molecule has 0 saturated carbocycles. The fourth-order valence-electron chi connectivity index (χ4n) is 2.51. The van der Waals surface area contributed by atoms with E-state index in [-0.39, 0.29) is 5.91 Å². The fourth-order valence-corrected chi connectivity index (χ4v) is 2.51. The van der Waals surface area contributed by atoms with Crippen LogP contribution in [-0.4, -0.2) is 34.6 Å². The summed E-state index contributed by atoms with van der Waals surface area (Å²) in [5.74, 6) is 0.168. The highest BCUT2D eigenvalue weighted by Crippen LogP contribution is 2.21. The van der Waals surface area contributed by atoms with Crippen LogP contribution in [0.25, 0.3) is 0 Å². The Morgan fingerprint density at radius 1 is 1.26 bits per heavy atom. The van der Waals surface area contributed by atoms with Crippen molar-refractivity contribution >= 4 is 5.91 Å². The first-order chi connectivity index (χ1) is 8.96. The molecule has 1 atom stereocenters. The predicted molar refractivity (Wildman–Crippen MR) is 75.9 cm³/mol. The van der Waals surface area contributed by atoms with Crippen LogP contribution < -0.4 is 0 Å². The summed E-state index contributed by atoms with van der Waals surface area (Å²) in [5, 5.41) is 10.0. The van der Waals surface area contributed by atoms with Crippen molar-refractivity contribution in [1.82, 2.24) is 4.90 Å². The summed E-state index contributed by atoms with van der Waals surface area (Å²) in [6, 6.07) is 8.11. The zero-order valence-corrected chi connectivity index (χ0v) is 11.9. The van der Waals surface area contributed by atoms with E-state index in [1.807, 2.05) is 43.0 Å². The number of amides is 1. The van der Waals surface area contributed by atoms with Gasteiger partial charge in [0.25, 0.3) is 0 Å². The van der Waals surface area contributed by atoms with Crippen LogP contribution in [0.15, 0.2) is 24.3 Å². The van der Waals surface area contributed by atoms with E-state index < -0.39 is 5.60 Å². The van der Waals surface area contributed by atoms with E-state index in [1.165, 1.54) is 5.56 Å². The molecule has 1 saturated heterocycles. The molecule has 3 nitrogen and oxygen atoms in total. The second kappa shape index (κ2) is 5.74. The SMILES string of the molecule is Cc1ccc(CC(=O)N2CCCC(C)(O)CC2)cc1. The van der Waals surface area contributed by atoms with E-state index in [4.69, 9.17) is 0 Å². The lowest BCUT2D eigenvalue weighted by Gasteiger charge is -2.22. The summed E-state index contributed by atoms with van der Waals surface area (Å²) in [6.45, 7) is 5.34. The Morgan fingerprint density at radius 2 is 1.95 bits per heavy atom. The van der Waals surface area contributed by atoms with Crippen LogP contribution in [0.5, 0.6) is 0 Å². The van der Waals surface area contributed by atoms with E-state index in [1.54, 1.807) is 0 Å². The van der Waals surface area contributed by atoms with E-state index in [2.05, 4.69) is 0 Å². The zero-order valence-electron chi connectivity index (χ0n) is 11.9. The Labute approximate surface area is 115 Å². The van der Waals surface area contributed by atoms with Crippen molar-refractivity contribution in [2.45, 2.75) is 45.1 Å². The Bertz CT molecular complexity index is 437. The normalized spacial score (nSPS) is 24.1. The zero-order chi connectivity index (χ0) is 13.9. The van der Waals surface area contributed by atoms with Crippen LogP contribution in [0.4, 0.5) is 0 Å². The molecule has 0 radical (unpaired) electrons. The number of rotatable bonds is 2. The molecular formula is C16H23NO2. The van der Waals surface area contributed by atoms with Crippen LogP contribution in [0.2, 0.25) is 0 Å². The summed E-state index contributed by atoms with van der Waals surface area (Å²) in [5.41, 5.74) is 1.66. The lowest BCUT2D eigenvalue weighted by molar-refractivity contribution is -0.130. The number of hydrogen-bond acceptors (Lipinski definition) is 2. The van der Waals surface area contributed by atoms with Crippen LogP contribution >= 0.6 is 0 Å². The molecule has 2 rings (SSSR count). The number of carbonyl (C=O) groups is 1. The number of aryl methyl sites for hydroxylation is 1. The van der Waals surface area contributed by atoms with Gasteiger partial charge in [0.05, 0.1) is 12.0 Å². The van der Waals surface area contributed by atoms with Gasteiger partial charge in [-0.15, -0.1) is 0 Å². The quantitative estimate of drug-likeness (QED) is 0.887. The lowest BCUT2D eigenvalue weighted by atomic mass is 9.98. The van der Waals surface area contributed by atoms with Gasteiger partial charge in [0.2, 0.25) is 5.91 Å². The highest BCUT2D eigenvalue weighted by molar-refractivity contribution is 5.78. The number of aliphatic hydroxyl groups is 1. The average molecular weight is 261 g/mol. The number of nitrogens with zero attached hydrogens (tertiary/aromatic N) is 1. The average Bonchev–Trinajstić information content (AvgIpc) is 2.53. The van der Waals surface area contributed by atoms with Gasteiger partial charge < -0.3 is 10.0 Å². The van der Waals surface area contributed by atoms with E-state index in [0.717, 1.165) is 24.9 Å². The topological polar surface area (TPSA) is 40.5 Å². The van der Waals surface area contributed by atoms with Gasteiger partial charge >= 0.3 is 0 Å². The van der Waals surface area contributed by atoms with Crippen molar-refractivity contribution in [3.05, 3.63) is 35.4 Å². The van der Waals surface area contributed by atoms with Crippen molar-refractivity contribution < 1.29 is 9.90 Å². The molecule has 1 N–H and O–H groups in total. The fraction of sp³-hybridized carbons (Fsp3) is 0.562. The first-order valence-electron chi connectivity index (χ1n) is 7.02. The van der Waals surface area contributed by atoms with Crippen LogP contribution in [0.3, 0.4) is 0 Å². The second-order valence-electron chi connectivity index (χ2n) is 5.89. The highest BCUT2D eigenvalue weighted by Gasteiger charge is 2.26. The van der Waals surface area contributed by atoms with E-state index >= 15 is 0 Å². The maximum atomic E-state index is 12.3. The molecule has 1 heterocycles. The Morgan fingerprint density at radius 3 is 2.63 bits per heavy atom. The molecule has 0 aliphatic carbocycles. The Kier molecular flexibility index (Phi) is 4.25. The minimum Gasteiger partial charge on any atom is -0.390 e. The minimum absolute atomic E-state index is 0.168. The summed E-state index contributed by atoms with van der Waals surface area (Å²) in [6.07, 6.45) is 2.79. The number of likely N-dealkylation sites (tertiary alicyclic amines) is 1. The van der Waals surface area contributed by atoms with E-state index in [0.29, 0.717) is 19.4 Å². The van der Waals surface area contributed by atoms with Crippen molar-refractivity contribution in [3.8, 4) is 0 Å². The van der Waals surface area contributed by atoms with E-state index in [9.17, 15) is 9.90 Å². The highest BCUT2D eigenvalue weighted by atomic mass is 16.3. The smallest absolute Gasteiger partial charge is 0.226 e. The summed E-state index contributed by atoms with van der Waals surface area (Å²) >= 11 is 0. The molecule has 1 fully saturated rings. The molecule has 0 bridgehead atoms. The molecule has 104 valence electrons. The van der Waals surface area contributed by atoms with Gasteiger partial charge in [-0.25, -0.2) is 0 Å². The van der Waals surface area contributed by atoms with Crippen molar-refractivity contribution in [1.29, 1.82) is 0 Å². The molecule has 1 aromatic rings. The minimum atomic E-state index is -0.612. The van der Waals surface area contributed by atoms with Crippen molar-refractivity contribution in [2.24, 2.45) is 0 Å². The van der Waals surface area contributed by atoms with Crippen molar-refractivity contribution in [3.63, 3.8) is 0 Å². The van der Waals surface area contributed by atoms with Crippen LogP contribution in [-0.2, 0) is 11.2 Å². The molecule has 1 aliphatic rings. The molecular weight excluding hydrogens is 238 g/mol. The molecule has 19 heavy (non-hydrogen) atoms. The monoisotopic (exact) mass is 261 g/mol. The number of hydrogen-bond donors (Lipinski definition) is 1. The van der Waals surface area contributed by atoms with Gasteiger partial charge in [0, 0.05) is 13.1 Å². The Balaban J connectivity index is 1.94. The van der Waals surface area contributed by atoms with Gasteiger partial charge in [-0.1, -0.05) is 29.8 Å². The maximum absolute atomic E-state index is 12.3. The molecule has 0 aromatic heterocycles. The van der Waals surface area contributed by atoms with Gasteiger partial charge in [-0.05, 0) is 38.7 Å². The molecule has 3 heteroatoms. The molecule has 1 unspecified atom stereocenters. The summed E-state index contributed by atoms with van der Waals surface area (Å²) < 4.78 is 0. The number of carbonyl (C=O) groups excluding carboxylic acids is 1. The molecule has 1 amide bonds. The second-order valence-corrected chi connectivity index (χ2v) is 5.89. The molecule has 0 spiro atoms. The van der Waals surface area contributed by atoms with Gasteiger partial charge in [-0.3, -0.25) is 4.79 Å².